The second-order valence-corrected chi connectivity index (χ2v) is 8.14. The van der Waals surface area contributed by atoms with Crippen LogP contribution >= 0.6 is 11.3 Å². The molecule has 1 aromatic heterocycles. The van der Waals surface area contributed by atoms with Crippen LogP contribution in [0.25, 0.3) is 0 Å². The van der Waals surface area contributed by atoms with Crippen LogP contribution in [-0.2, 0) is 14.8 Å². The predicted octanol–water partition coefficient (Wildman–Crippen LogP) is 2.14. The molecule has 0 amide bonds. The van der Waals surface area contributed by atoms with E-state index in [1.165, 1.54) is 21.7 Å². The van der Waals surface area contributed by atoms with Crippen LogP contribution in [0, 0.1) is 12.8 Å². The van der Waals surface area contributed by atoms with Crippen LogP contribution < -0.4 is 0 Å². The van der Waals surface area contributed by atoms with Gasteiger partial charge in [0.25, 0.3) is 10.0 Å². The number of aliphatic imine (C=N–C) groups is 1. The summed E-state index contributed by atoms with van der Waals surface area (Å²) < 4.78 is 26.8. The predicted molar refractivity (Wildman–Crippen MR) is 73.3 cm³/mol. The Hall–Kier alpha value is -1.01. The molecule has 1 aliphatic heterocycles. The smallest absolute Gasteiger partial charge is 0.211 e. The summed E-state index contributed by atoms with van der Waals surface area (Å²) in [5, 5.41) is 0. The lowest BCUT2D eigenvalue weighted by Crippen LogP contribution is -2.46. The van der Waals surface area contributed by atoms with Gasteiger partial charge in [0.15, 0.2) is 0 Å². The molecular formula is C12H16N2O3S2. The molecule has 0 aromatic carbocycles. The quantitative estimate of drug-likeness (QED) is 0.634. The van der Waals surface area contributed by atoms with Crippen molar-refractivity contribution in [3.05, 3.63) is 17.0 Å². The van der Waals surface area contributed by atoms with Crippen molar-refractivity contribution in [1.82, 2.24) is 4.31 Å². The highest BCUT2D eigenvalue weighted by atomic mass is 32.2. The first-order valence-electron chi connectivity index (χ1n) is 6.12. The zero-order chi connectivity index (χ0) is 14.0. The van der Waals surface area contributed by atoms with Crippen molar-refractivity contribution in [3.8, 4) is 0 Å². The number of carbonyl (C=O) groups excluding carboxylic acids is 1. The molecule has 2 rings (SSSR count). The van der Waals surface area contributed by atoms with Crippen LogP contribution in [-0.4, -0.2) is 31.5 Å². The summed E-state index contributed by atoms with van der Waals surface area (Å²) in [6.07, 6.45) is 2.53. The van der Waals surface area contributed by atoms with Gasteiger partial charge in [0, 0.05) is 11.4 Å². The van der Waals surface area contributed by atoms with E-state index in [1.54, 1.807) is 12.1 Å². The zero-order valence-corrected chi connectivity index (χ0v) is 12.5. The Bertz CT molecular complexity index is 602. The molecule has 19 heavy (non-hydrogen) atoms. The Morgan fingerprint density at radius 1 is 1.47 bits per heavy atom. The van der Waals surface area contributed by atoms with Crippen molar-refractivity contribution in [1.29, 1.82) is 0 Å². The van der Waals surface area contributed by atoms with E-state index in [9.17, 15) is 13.2 Å². The monoisotopic (exact) mass is 300 g/mol. The minimum Gasteiger partial charge on any atom is -0.211 e. The zero-order valence-electron chi connectivity index (χ0n) is 10.9. The maximum Gasteiger partial charge on any atom is 0.254 e. The first kappa shape index (κ1) is 14.4. The van der Waals surface area contributed by atoms with Gasteiger partial charge in [-0.3, -0.25) is 0 Å². The summed E-state index contributed by atoms with van der Waals surface area (Å²) >= 11 is 1.24. The third kappa shape index (κ3) is 2.79. The number of hydrogen-bond acceptors (Lipinski definition) is 5. The van der Waals surface area contributed by atoms with E-state index >= 15 is 0 Å². The van der Waals surface area contributed by atoms with Gasteiger partial charge >= 0.3 is 0 Å². The van der Waals surface area contributed by atoms with E-state index < -0.39 is 16.2 Å². The Balaban J connectivity index is 2.40. The topological polar surface area (TPSA) is 66.8 Å². The molecule has 7 heteroatoms. The first-order valence-corrected chi connectivity index (χ1v) is 8.37. The highest BCUT2D eigenvalue weighted by Gasteiger charge is 2.37. The molecule has 5 nitrogen and oxygen atoms in total. The number of isocyanates is 1. The molecule has 0 radical (unpaired) electrons. The van der Waals surface area contributed by atoms with Crippen molar-refractivity contribution in [3.63, 3.8) is 0 Å². The third-order valence-corrected chi connectivity index (χ3v) is 6.64. The molecule has 0 aliphatic carbocycles. The maximum absolute atomic E-state index is 12.6. The van der Waals surface area contributed by atoms with Gasteiger partial charge in [-0.05, 0) is 37.8 Å². The molecule has 0 N–H and O–H groups in total. The summed E-state index contributed by atoms with van der Waals surface area (Å²) in [4.78, 5) is 15.2. The van der Waals surface area contributed by atoms with Crippen LogP contribution in [0.2, 0.25) is 0 Å². The lowest BCUT2D eigenvalue weighted by atomic mass is 9.98. The molecule has 1 aromatic rings. The van der Waals surface area contributed by atoms with E-state index in [4.69, 9.17) is 0 Å². The van der Waals surface area contributed by atoms with Gasteiger partial charge in [-0.1, -0.05) is 6.92 Å². The van der Waals surface area contributed by atoms with Crippen molar-refractivity contribution in [2.75, 3.05) is 6.54 Å². The Kier molecular flexibility index (Phi) is 4.20. The van der Waals surface area contributed by atoms with Gasteiger partial charge < -0.3 is 0 Å². The number of nitrogens with zero attached hydrogens (tertiary/aromatic N) is 2. The van der Waals surface area contributed by atoms with Crippen molar-refractivity contribution in [2.45, 2.75) is 37.1 Å². The lowest BCUT2D eigenvalue weighted by molar-refractivity contribution is 0.194. The fourth-order valence-corrected chi connectivity index (χ4v) is 5.38. The normalized spacial score (nSPS) is 24.9. The molecule has 2 heterocycles. The van der Waals surface area contributed by atoms with Gasteiger partial charge in [0.05, 0.1) is 0 Å². The Morgan fingerprint density at radius 2 is 2.21 bits per heavy atom. The first-order chi connectivity index (χ1) is 8.96. The molecular weight excluding hydrogens is 284 g/mol. The van der Waals surface area contributed by atoms with Gasteiger partial charge in [-0.2, -0.15) is 9.30 Å². The summed E-state index contributed by atoms with van der Waals surface area (Å²) in [5.41, 5.74) is 0. The second-order valence-electron chi connectivity index (χ2n) is 4.73. The number of rotatable bonds is 3. The highest BCUT2D eigenvalue weighted by Crippen LogP contribution is 2.32. The van der Waals surface area contributed by atoms with E-state index in [1.807, 2.05) is 13.8 Å². The SMILES string of the molecule is Cc1ccc(S(=O)(=O)N2CCCC(C)C2N=C=O)s1. The molecule has 0 bridgehead atoms. The van der Waals surface area contributed by atoms with E-state index in [2.05, 4.69) is 4.99 Å². The Labute approximate surface area is 117 Å². The average Bonchev–Trinajstić information content (AvgIpc) is 2.79. The van der Waals surface area contributed by atoms with Gasteiger partial charge in [-0.15, -0.1) is 11.3 Å². The molecule has 104 valence electrons. The number of aryl methyl sites for hydroxylation is 1. The Morgan fingerprint density at radius 3 is 2.79 bits per heavy atom. The minimum atomic E-state index is -3.57. The van der Waals surface area contributed by atoms with Crippen LogP contribution in [0.5, 0.6) is 0 Å². The molecule has 2 atom stereocenters. The molecule has 1 fully saturated rings. The average molecular weight is 300 g/mol. The largest absolute Gasteiger partial charge is 0.254 e. The van der Waals surface area contributed by atoms with Crippen LogP contribution in [0.15, 0.2) is 21.3 Å². The molecule has 2 unspecified atom stereocenters. The van der Waals surface area contributed by atoms with E-state index in [0.717, 1.165) is 17.7 Å². The summed E-state index contributed by atoms with van der Waals surface area (Å²) in [6.45, 7) is 4.18. The van der Waals surface area contributed by atoms with Gasteiger partial charge in [-0.25, -0.2) is 13.2 Å². The van der Waals surface area contributed by atoms with Gasteiger partial charge in [0.2, 0.25) is 6.08 Å². The third-order valence-electron chi connectivity index (χ3n) is 3.31. The number of sulfonamides is 1. The minimum absolute atomic E-state index is 0.0334. The van der Waals surface area contributed by atoms with Crippen LogP contribution in [0.3, 0.4) is 0 Å². The lowest BCUT2D eigenvalue weighted by Gasteiger charge is -2.35. The van der Waals surface area contributed by atoms with Gasteiger partial charge in [0.1, 0.15) is 10.4 Å². The summed E-state index contributed by atoms with van der Waals surface area (Å²) in [7, 11) is -3.57. The molecule has 1 saturated heterocycles. The molecule has 0 spiro atoms. The standard InChI is InChI=1S/C12H16N2O3S2/c1-9-4-3-7-14(12(9)13-8-15)19(16,17)11-6-5-10(2)18-11/h5-6,9,12H,3-4,7H2,1-2H3. The van der Waals surface area contributed by atoms with Crippen molar-refractivity contribution >= 4 is 27.4 Å². The second kappa shape index (κ2) is 5.54. The van der Waals surface area contributed by atoms with E-state index in [0.29, 0.717) is 10.8 Å². The molecule has 1 aliphatic rings. The van der Waals surface area contributed by atoms with E-state index in [-0.39, 0.29) is 5.92 Å². The molecule has 0 saturated carbocycles. The number of piperidine rings is 1. The van der Waals surface area contributed by atoms with Crippen LogP contribution in [0.1, 0.15) is 24.6 Å². The fraction of sp³-hybridized carbons (Fsp3) is 0.583. The van der Waals surface area contributed by atoms with Crippen molar-refractivity contribution < 1.29 is 13.2 Å². The highest BCUT2D eigenvalue weighted by molar-refractivity contribution is 7.91. The van der Waals surface area contributed by atoms with Crippen molar-refractivity contribution in [2.24, 2.45) is 10.9 Å². The van der Waals surface area contributed by atoms with Crippen LogP contribution in [0.4, 0.5) is 0 Å². The number of hydrogen-bond donors (Lipinski definition) is 0. The summed E-state index contributed by atoms with van der Waals surface area (Å²) in [6, 6.07) is 3.39. The summed E-state index contributed by atoms with van der Waals surface area (Å²) in [5.74, 6) is 0.0334. The fourth-order valence-electron chi connectivity index (χ4n) is 2.31. The number of thiophene rings is 1. The maximum atomic E-state index is 12.6.